The quantitative estimate of drug-likeness (QED) is 0.122. The Kier molecular flexibility index (Phi) is 11.6. The Hall–Kier alpha value is -7.53. The Bertz CT molecular complexity index is 3220. The molecule has 0 saturated carbocycles. The summed E-state index contributed by atoms with van der Waals surface area (Å²) < 4.78 is 2.42. The smallest absolute Gasteiger partial charge is 0.164 e. The van der Waals surface area contributed by atoms with Gasteiger partial charge in [-0.25, -0.2) is 15.0 Å². The van der Waals surface area contributed by atoms with Crippen molar-refractivity contribution >= 4 is 37.1 Å². The normalized spacial score (nSPS) is 12.4. The summed E-state index contributed by atoms with van der Waals surface area (Å²) in [6.45, 7) is 10.3. The molecule has 0 saturated heterocycles. The van der Waals surface area contributed by atoms with Gasteiger partial charge in [-0.2, -0.15) is 0 Å². The maximum absolute atomic E-state index is 5.31. The Morgan fingerprint density at radius 2 is 1.06 bits per heavy atom. The van der Waals surface area contributed by atoms with Gasteiger partial charge in [0.05, 0.1) is 0 Å². The average Bonchev–Trinajstić information content (AvgIpc) is 3.73. The van der Waals surface area contributed by atoms with Gasteiger partial charge >= 0.3 is 0 Å². The van der Waals surface area contributed by atoms with Crippen LogP contribution in [0.1, 0.15) is 26.6 Å². The molecule has 4 heteroatoms. The molecule has 0 spiro atoms. The number of benzene rings is 7. The van der Waals surface area contributed by atoms with Crippen molar-refractivity contribution in [3.05, 3.63) is 230 Å². The third-order valence-corrected chi connectivity index (χ3v) is 12.3. The van der Waals surface area contributed by atoms with E-state index < -0.39 is 0 Å². The van der Waals surface area contributed by atoms with Crippen molar-refractivity contribution in [2.45, 2.75) is 20.8 Å². The lowest BCUT2D eigenvalue weighted by Gasteiger charge is -2.15. The maximum Gasteiger partial charge on any atom is 0.164 e. The van der Waals surface area contributed by atoms with Gasteiger partial charge in [-0.05, 0) is 107 Å². The topological polar surface area (TPSA) is 38.7 Å². The fraction of sp³-hybridized carbons (Fsp3) is 0.0517. The van der Waals surface area contributed by atoms with Crippen molar-refractivity contribution in [3.8, 4) is 67.3 Å². The minimum absolute atomic E-state index is 0.581. The molecule has 0 aliphatic carbocycles. The maximum atomic E-state index is 5.31. The second kappa shape index (κ2) is 18.0. The molecular weight excluding hydrogens is 771 g/mol. The summed E-state index contributed by atoms with van der Waals surface area (Å²) in [5.41, 5.74) is 14.0. The van der Waals surface area contributed by atoms with Crippen molar-refractivity contribution in [3.63, 3.8) is 0 Å². The number of thiophene rings is 1. The minimum Gasteiger partial charge on any atom is -0.208 e. The van der Waals surface area contributed by atoms with E-state index in [0.29, 0.717) is 17.5 Å². The van der Waals surface area contributed by atoms with Crippen LogP contribution >= 0.6 is 11.3 Å². The molecule has 0 fully saturated rings. The first-order valence-electron chi connectivity index (χ1n) is 21.0. The second-order valence-corrected chi connectivity index (χ2v) is 16.1. The number of hydrogen-bond donors (Lipinski definition) is 0. The highest BCUT2D eigenvalue weighted by atomic mass is 32.1. The van der Waals surface area contributed by atoms with Crippen LogP contribution in [0.4, 0.5) is 0 Å². The molecule has 0 aliphatic rings. The van der Waals surface area contributed by atoms with Crippen LogP contribution in [0.15, 0.2) is 224 Å². The monoisotopic (exact) mass is 815 g/mol. The van der Waals surface area contributed by atoms with E-state index in [2.05, 4.69) is 195 Å². The van der Waals surface area contributed by atoms with Crippen LogP contribution < -0.4 is 0 Å². The molecule has 3 nitrogen and oxygen atoms in total. The summed E-state index contributed by atoms with van der Waals surface area (Å²) in [7, 11) is 0. The summed E-state index contributed by atoms with van der Waals surface area (Å²) in [5, 5.41) is 2.34. The van der Waals surface area contributed by atoms with Crippen LogP contribution in [0.25, 0.3) is 93.0 Å². The zero-order valence-corrected chi connectivity index (χ0v) is 35.9. The van der Waals surface area contributed by atoms with Crippen molar-refractivity contribution in [1.82, 2.24) is 15.0 Å². The van der Waals surface area contributed by atoms with Gasteiger partial charge in [-0.15, -0.1) is 11.3 Å². The molecule has 9 rings (SSSR count). The molecule has 0 aliphatic heterocycles. The molecule has 2 heterocycles. The third kappa shape index (κ3) is 7.92. The molecule has 0 amide bonds. The van der Waals surface area contributed by atoms with Crippen molar-refractivity contribution in [1.29, 1.82) is 0 Å². The lowest BCUT2D eigenvalue weighted by atomic mass is 9.89. The highest BCUT2D eigenvalue weighted by Gasteiger charge is 2.20. The van der Waals surface area contributed by atoms with Gasteiger partial charge < -0.3 is 0 Å². The van der Waals surface area contributed by atoms with Gasteiger partial charge in [0.2, 0.25) is 0 Å². The zero-order valence-electron chi connectivity index (χ0n) is 35.1. The van der Waals surface area contributed by atoms with Crippen LogP contribution in [0.3, 0.4) is 0 Å². The molecule has 0 radical (unpaired) electrons. The first-order chi connectivity index (χ1) is 30.6. The second-order valence-electron chi connectivity index (χ2n) is 15.0. The fourth-order valence-corrected chi connectivity index (χ4v) is 9.36. The predicted octanol–water partition coefficient (Wildman–Crippen LogP) is 16.3. The Labute approximate surface area is 368 Å². The van der Waals surface area contributed by atoms with E-state index in [1.165, 1.54) is 42.6 Å². The van der Waals surface area contributed by atoms with E-state index in [1.807, 2.05) is 39.0 Å². The van der Waals surface area contributed by atoms with E-state index in [1.54, 1.807) is 11.3 Å². The Morgan fingerprint density at radius 3 is 1.81 bits per heavy atom. The lowest BCUT2D eigenvalue weighted by molar-refractivity contribution is 1.04. The number of hydrogen-bond acceptors (Lipinski definition) is 4. The zero-order chi connectivity index (χ0) is 42.4. The molecule has 0 bridgehead atoms. The predicted molar refractivity (Wildman–Crippen MR) is 266 cm³/mol. The number of allylic oxidation sites excluding steroid dienone is 9. The van der Waals surface area contributed by atoms with Crippen molar-refractivity contribution < 1.29 is 0 Å². The van der Waals surface area contributed by atoms with Gasteiger partial charge in [-0.1, -0.05) is 183 Å². The molecule has 2 aromatic heterocycles. The molecule has 0 unspecified atom stereocenters. The molecule has 7 aromatic carbocycles. The third-order valence-electron chi connectivity index (χ3n) is 11.2. The minimum atomic E-state index is 0.581. The number of fused-ring (bicyclic) bond motifs is 3. The first-order valence-corrected chi connectivity index (χ1v) is 21.8. The lowest BCUT2D eigenvalue weighted by Crippen LogP contribution is -2.04. The fourth-order valence-electron chi connectivity index (χ4n) is 8.23. The highest BCUT2D eigenvalue weighted by Crippen LogP contribution is 2.41. The highest BCUT2D eigenvalue weighted by molar-refractivity contribution is 7.25. The summed E-state index contributed by atoms with van der Waals surface area (Å²) in [5.74, 6) is 1.80. The van der Waals surface area contributed by atoms with E-state index in [-0.39, 0.29) is 0 Å². The summed E-state index contributed by atoms with van der Waals surface area (Å²) in [6, 6.07) is 60.4. The summed E-state index contributed by atoms with van der Waals surface area (Å²) in [6.07, 6.45) is 12.2. The first kappa shape index (κ1) is 39.9. The van der Waals surface area contributed by atoms with Gasteiger partial charge in [0.15, 0.2) is 17.5 Å². The summed E-state index contributed by atoms with van der Waals surface area (Å²) in [4.78, 5) is 15.9. The summed E-state index contributed by atoms with van der Waals surface area (Å²) >= 11 is 1.79. The van der Waals surface area contributed by atoms with E-state index >= 15 is 0 Å². The van der Waals surface area contributed by atoms with Gasteiger partial charge in [0.1, 0.15) is 0 Å². The van der Waals surface area contributed by atoms with Crippen LogP contribution in [-0.2, 0) is 0 Å². The van der Waals surface area contributed by atoms with Crippen LogP contribution in [0.5, 0.6) is 0 Å². The van der Waals surface area contributed by atoms with Crippen molar-refractivity contribution in [2.75, 3.05) is 0 Å². The average molecular weight is 816 g/mol. The van der Waals surface area contributed by atoms with Crippen LogP contribution in [-0.4, -0.2) is 15.0 Å². The largest absolute Gasteiger partial charge is 0.208 e. The molecule has 0 N–H and O–H groups in total. The SMILES string of the molecule is C=CC(=C(\C=C/C)c1nc(-c2cccc(-c3ccc(-c4cccc(-c5ccccc5)c4)c(-c4ccccc4)c3)c2)nc(-c2cccc3sc4ccccc4c23)n1)/C(/C=C\C)=C/C. The van der Waals surface area contributed by atoms with E-state index in [0.717, 1.165) is 49.9 Å². The van der Waals surface area contributed by atoms with Gasteiger partial charge in [0, 0.05) is 36.9 Å². The number of rotatable bonds is 11. The van der Waals surface area contributed by atoms with Crippen LogP contribution in [0.2, 0.25) is 0 Å². The van der Waals surface area contributed by atoms with Crippen molar-refractivity contribution in [2.24, 2.45) is 0 Å². The van der Waals surface area contributed by atoms with Gasteiger partial charge in [0.25, 0.3) is 0 Å². The molecule has 9 aromatic rings. The molecule has 62 heavy (non-hydrogen) atoms. The Balaban J connectivity index is 1.22. The standard InChI is InChI=1S/C58H45N3S/c1-5-20-39(7-3)47(8-4)49(21-6-2)57-59-56(60-58(61-57)51-31-19-33-54-55(51)50-30-15-16-32-53(50)62-54)46-29-18-27-43(37-46)44-34-35-48(52(38-44)41-24-13-10-14-25-41)45-28-17-26-42(36-45)40-22-11-9-12-23-40/h5-38H,4H2,1-3H3/b20-5-,21-6-,39-7+,49-47-. The number of nitrogens with zero attached hydrogens (tertiary/aromatic N) is 3. The van der Waals surface area contributed by atoms with E-state index in [9.17, 15) is 0 Å². The van der Waals surface area contributed by atoms with Crippen LogP contribution in [0, 0.1) is 0 Å². The molecular formula is C58H45N3S. The van der Waals surface area contributed by atoms with Gasteiger partial charge in [-0.3, -0.25) is 0 Å². The molecule has 298 valence electrons. The van der Waals surface area contributed by atoms with E-state index in [4.69, 9.17) is 15.0 Å². The Morgan fingerprint density at radius 1 is 0.468 bits per heavy atom. The number of aromatic nitrogens is 3. The molecule has 0 atom stereocenters.